The van der Waals surface area contributed by atoms with Gasteiger partial charge >= 0.3 is 0 Å². The van der Waals surface area contributed by atoms with Gasteiger partial charge in [-0.15, -0.1) is 0 Å². The molecule has 35 heavy (non-hydrogen) atoms. The fourth-order valence-corrected chi connectivity index (χ4v) is 3.52. The quantitative estimate of drug-likeness (QED) is 0.353. The molecule has 0 aliphatic heterocycles. The van der Waals surface area contributed by atoms with Crippen LogP contribution in [0.2, 0.25) is 5.02 Å². The highest BCUT2D eigenvalue weighted by atomic mass is 35.5. The summed E-state index contributed by atoms with van der Waals surface area (Å²) in [6, 6.07) is 20.6. The van der Waals surface area contributed by atoms with Crippen molar-refractivity contribution in [3.63, 3.8) is 0 Å². The Morgan fingerprint density at radius 1 is 1.03 bits per heavy atom. The van der Waals surface area contributed by atoms with Crippen molar-refractivity contribution in [2.45, 2.75) is 6.92 Å². The van der Waals surface area contributed by atoms with Gasteiger partial charge < -0.3 is 20.1 Å². The minimum atomic E-state index is -0.457. The molecule has 0 radical (unpaired) electrons. The van der Waals surface area contributed by atoms with Crippen LogP contribution in [0.3, 0.4) is 0 Å². The summed E-state index contributed by atoms with van der Waals surface area (Å²) >= 11 is 6.12. The molecule has 0 bridgehead atoms. The van der Waals surface area contributed by atoms with Crippen LogP contribution < -0.4 is 25.7 Å². The smallest absolute Gasteiger partial charge is 0.299 e. The standard InChI is InChI=1S/C26H23ClN4O4/c1-3-28-25(32)17-6-4-8-19(14-17)30-24-23(35-22-12-10-21(34-2)11-13-22)16-29-31(26(24)33)20-9-5-7-18(27)15-20/h4-16,30H,3H2,1-2H3,(H,28,32). The van der Waals surface area contributed by atoms with Crippen LogP contribution >= 0.6 is 11.6 Å². The molecule has 0 spiro atoms. The first-order valence-corrected chi connectivity index (χ1v) is 11.2. The second-order valence-corrected chi connectivity index (χ2v) is 7.86. The van der Waals surface area contributed by atoms with E-state index >= 15 is 0 Å². The lowest BCUT2D eigenvalue weighted by Gasteiger charge is -2.15. The molecule has 1 heterocycles. The first-order valence-electron chi connectivity index (χ1n) is 10.8. The van der Waals surface area contributed by atoms with Crippen LogP contribution in [-0.4, -0.2) is 29.3 Å². The van der Waals surface area contributed by atoms with Gasteiger partial charge in [0.25, 0.3) is 11.5 Å². The Balaban J connectivity index is 1.77. The first kappa shape index (κ1) is 23.8. The van der Waals surface area contributed by atoms with E-state index in [0.29, 0.717) is 40.0 Å². The van der Waals surface area contributed by atoms with Gasteiger partial charge in [-0.05, 0) is 67.6 Å². The Kier molecular flexibility index (Phi) is 7.32. The molecule has 1 amide bonds. The van der Waals surface area contributed by atoms with E-state index < -0.39 is 5.56 Å². The van der Waals surface area contributed by atoms with E-state index in [4.69, 9.17) is 21.1 Å². The number of nitrogens with one attached hydrogen (secondary N) is 2. The third kappa shape index (κ3) is 5.62. The normalized spacial score (nSPS) is 10.5. The topological polar surface area (TPSA) is 94.5 Å². The zero-order chi connectivity index (χ0) is 24.8. The molecule has 4 rings (SSSR count). The fourth-order valence-electron chi connectivity index (χ4n) is 3.34. The van der Waals surface area contributed by atoms with Gasteiger partial charge in [-0.1, -0.05) is 23.7 Å². The molecule has 0 aliphatic rings. The van der Waals surface area contributed by atoms with Crippen LogP contribution in [0.5, 0.6) is 17.2 Å². The molecular weight excluding hydrogens is 468 g/mol. The Morgan fingerprint density at radius 2 is 1.77 bits per heavy atom. The number of carbonyl (C=O) groups is 1. The molecule has 0 aliphatic carbocycles. The Bertz CT molecular complexity index is 1400. The summed E-state index contributed by atoms with van der Waals surface area (Å²) < 4.78 is 12.4. The molecule has 9 heteroatoms. The first-order chi connectivity index (χ1) is 17.0. The summed E-state index contributed by atoms with van der Waals surface area (Å²) in [4.78, 5) is 25.8. The zero-order valence-electron chi connectivity index (χ0n) is 19.1. The van der Waals surface area contributed by atoms with Gasteiger partial charge in [-0.2, -0.15) is 9.78 Å². The van der Waals surface area contributed by atoms with Gasteiger partial charge in [0.1, 0.15) is 11.5 Å². The average molecular weight is 491 g/mol. The number of hydrogen-bond acceptors (Lipinski definition) is 6. The molecule has 2 N–H and O–H groups in total. The predicted octanol–water partition coefficient (Wildman–Crippen LogP) is 5.18. The largest absolute Gasteiger partial charge is 0.497 e. The van der Waals surface area contributed by atoms with Gasteiger partial charge in [0.2, 0.25) is 0 Å². The summed E-state index contributed by atoms with van der Waals surface area (Å²) in [5.74, 6) is 1.16. The maximum Gasteiger partial charge on any atom is 0.299 e. The number of ether oxygens (including phenoxy) is 2. The number of halogens is 1. The van der Waals surface area contributed by atoms with Gasteiger partial charge in [0, 0.05) is 22.8 Å². The number of carbonyl (C=O) groups excluding carboxylic acids is 1. The van der Waals surface area contributed by atoms with Crippen molar-refractivity contribution in [1.29, 1.82) is 0 Å². The van der Waals surface area contributed by atoms with E-state index in [2.05, 4.69) is 15.7 Å². The molecule has 4 aromatic rings. The molecule has 178 valence electrons. The van der Waals surface area contributed by atoms with Crippen molar-refractivity contribution in [3.05, 3.63) is 99.9 Å². The number of benzene rings is 3. The summed E-state index contributed by atoms with van der Waals surface area (Å²) in [5.41, 5.74) is 1.18. The molecular formula is C26H23ClN4O4. The Hall–Kier alpha value is -4.30. The van der Waals surface area contributed by atoms with Crippen LogP contribution in [0.25, 0.3) is 5.69 Å². The number of rotatable bonds is 8. The van der Waals surface area contributed by atoms with E-state index in [0.717, 1.165) is 0 Å². The van der Waals surface area contributed by atoms with Crippen molar-refractivity contribution >= 4 is 28.9 Å². The molecule has 0 atom stereocenters. The number of nitrogens with zero attached hydrogens (tertiary/aromatic N) is 2. The van der Waals surface area contributed by atoms with E-state index in [1.807, 2.05) is 6.92 Å². The zero-order valence-corrected chi connectivity index (χ0v) is 19.9. The van der Waals surface area contributed by atoms with Crippen LogP contribution in [0, 0.1) is 0 Å². The van der Waals surface area contributed by atoms with Crippen molar-refractivity contribution in [2.24, 2.45) is 0 Å². The lowest BCUT2D eigenvalue weighted by atomic mass is 10.2. The number of methoxy groups -OCH3 is 1. The van der Waals surface area contributed by atoms with Gasteiger partial charge in [0.15, 0.2) is 11.4 Å². The van der Waals surface area contributed by atoms with Crippen LogP contribution in [0.1, 0.15) is 17.3 Å². The number of amides is 1. The van der Waals surface area contributed by atoms with Gasteiger partial charge in [-0.25, -0.2) is 0 Å². The summed E-state index contributed by atoms with van der Waals surface area (Å²) in [6.45, 7) is 2.35. The maximum atomic E-state index is 13.5. The highest BCUT2D eigenvalue weighted by molar-refractivity contribution is 6.30. The minimum Gasteiger partial charge on any atom is -0.497 e. The SMILES string of the molecule is CCNC(=O)c1cccc(Nc2c(Oc3ccc(OC)cc3)cnn(-c3cccc(Cl)c3)c2=O)c1. The lowest BCUT2D eigenvalue weighted by Crippen LogP contribution is -2.24. The highest BCUT2D eigenvalue weighted by Gasteiger charge is 2.16. The van der Waals surface area contributed by atoms with E-state index in [9.17, 15) is 9.59 Å². The van der Waals surface area contributed by atoms with E-state index in [1.165, 1.54) is 10.9 Å². The molecule has 0 unspecified atom stereocenters. The third-order valence-corrected chi connectivity index (χ3v) is 5.25. The second-order valence-electron chi connectivity index (χ2n) is 7.42. The van der Waals surface area contributed by atoms with Crippen molar-refractivity contribution in [1.82, 2.24) is 15.1 Å². The fraction of sp³-hybridized carbons (Fsp3) is 0.115. The van der Waals surface area contributed by atoms with Gasteiger partial charge in [0.05, 0.1) is 19.0 Å². The Labute approximate surface area is 207 Å². The van der Waals surface area contributed by atoms with Gasteiger partial charge in [-0.3, -0.25) is 9.59 Å². The summed E-state index contributed by atoms with van der Waals surface area (Å²) in [5, 5.41) is 10.6. The maximum absolute atomic E-state index is 13.5. The van der Waals surface area contributed by atoms with Crippen molar-refractivity contribution in [2.75, 3.05) is 19.0 Å². The molecule has 8 nitrogen and oxygen atoms in total. The molecule has 1 aromatic heterocycles. The molecule has 0 saturated carbocycles. The van der Waals surface area contributed by atoms with Crippen molar-refractivity contribution < 1.29 is 14.3 Å². The minimum absolute atomic E-state index is 0.142. The molecule has 3 aromatic carbocycles. The predicted molar refractivity (Wildman–Crippen MR) is 136 cm³/mol. The van der Waals surface area contributed by atoms with Crippen LogP contribution in [-0.2, 0) is 0 Å². The highest BCUT2D eigenvalue weighted by Crippen LogP contribution is 2.30. The number of anilines is 2. The van der Waals surface area contributed by atoms with Crippen LogP contribution in [0.4, 0.5) is 11.4 Å². The monoisotopic (exact) mass is 490 g/mol. The summed E-state index contributed by atoms with van der Waals surface area (Å²) in [7, 11) is 1.58. The van der Waals surface area contributed by atoms with Crippen LogP contribution in [0.15, 0.2) is 83.8 Å². The lowest BCUT2D eigenvalue weighted by molar-refractivity contribution is 0.0956. The molecule has 0 saturated heterocycles. The second kappa shape index (κ2) is 10.8. The third-order valence-electron chi connectivity index (χ3n) is 5.01. The average Bonchev–Trinajstić information content (AvgIpc) is 2.87. The number of hydrogen-bond donors (Lipinski definition) is 2. The van der Waals surface area contributed by atoms with Crippen molar-refractivity contribution in [3.8, 4) is 22.9 Å². The van der Waals surface area contributed by atoms with E-state index in [-0.39, 0.29) is 17.3 Å². The Morgan fingerprint density at radius 3 is 2.49 bits per heavy atom. The molecule has 0 fully saturated rings. The summed E-state index contributed by atoms with van der Waals surface area (Å²) in [6.07, 6.45) is 1.45. The van der Waals surface area contributed by atoms with E-state index in [1.54, 1.807) is 79.9 Å². The number of aromatic nitrogens is 2.